The molecular weight excluding hydrogens is 676 g/mol. The molecule has 0 aromatic heterocycles. The molecule has 2 atom stereocenters. The molecule has 0 aliphatic carbocycles. The first-order valence-electron chi connectivity index (χ1n) is 18.6. The van der Waals surface area contributed by atoms with Gasteiger partial charge < -0.3 is 34.7 Å². The van der Waals surface area contributed by atoms with Crippen LogP contribution in [0.5, 0.6) is 0 Å². The molecule has 2 aromatic carbocycles. The summed E-state index contributed by atoms with van der Waals surface area (Å²) in [5.41, 5.74) is 9.75. The van der Waals surface area contributed by atoms with Crippen molar-refractivity contribution in [3.63, 3.8) is 0 Å². The second kappa shape index (κ2) is 27.8. The fraction of sp³-hybridized carbons (Fsp3) is 0.524. The van der Waals surface area contributed by atoms with Crippen LogP contribution in [0.25, 0.3) is 0 Å². The van der Waals surface area contributed by atoms with Crippen molar-refractivity contribution in [2.45, 2.75) is 101 Å². The number of rotatable bonds is 18. The van der Waals surface area contributed by atoms with Crippen molar-refractivity contribution in [1.82, 2.24) is 0 Å². The Hall–Kier alpha value is -4.80. The van der Waals surface area contributed by atoms with E-state index in [4.69, 9.17) is 19.9 Å². The van der Waals surface area contributed by atoms with E-state index in [0.717, 1.165) is 35.5 Å². The Labute approximate surface area is 317 Å². The Morgan fingerprint density at radius 3 is 1.40 bits per heavy atom. The number of benzene rings is 2. The Morgan fingerprint density at radius 2 is 0.981 bits per heavy atom. The van der Waals surface area contributed by atoms with Gasteiger partial charge in [-0.3, -0.25) is 0 Å². The smallest absolute Gasteiger partial charge is 0.348 e. The maximum atomic E-state index is 12.0. The molecule has 0 spiro atoms. The monoisotopic (exact) mass is 740 g/mol. The first kappa shape index (κ1) is 48.2. The number of nitrogen functional groups attached to an aromatic ring is 1. The minimum absolute atomic E-state index is 0.144. The van der Waals surface area contributed by atoms with Crippen molar-refractivity contribution in [3.8, 4) is 0 Å². The summed E-state index contributed by atoms with van der Waals surface area (Å²) in [5, 5.41) is 3.08. The van der Waals surface area contributed by atoms with Gasteiger partial charge >= 0.3 is 23.9 Å². The molecule has 2 rings (SSSR count). The van der Waals surface area contributed by atoms with E-state index in [-0.39, 0.29) is 37.6 Å². The van der Waals surface area contributed by atoms with Gasteiger partial charge in [-0.25, -0.2) is 19.2 Å². The van der Waals surface area contributed by atoms with Gasteiger partial charge in [0.05, 0.1) is 33.0 Å². The van der Waals surface area contributed by atoms with Crippen molar-refractivity contribution in [2.75, 3.05) is 44.1 Å². The van der Waals surface area contributed by atoms with Crippen molar-refractivity contribution < 1.29 is 42.9 Å². The fourth-order valence-electron chi connectivity index (χ4n) is 5.22. The summed E-state index contributed by atoms with van der Waals surface area (Å²) in [7, 11) is 0. The third-order valence-electron chi connectivity index (χ3n) is 7.39. The molecule has 0 heterocycles. The molecule has 3 N–H and O–H groups in total. The van der Waals surface area contributed by atoms with Crippen LogP contribution in [-0.2, 0) is 42.9 Å². The quantitative estimate of drug-likeness (QED) is 0.0287. The molecule has 0 radical (unpaired) electrons. The van der Waals surface area contributed by atoms with Gasteiger partial charge in [0.15, 0.2) is 11.1 Å². The van der Waals surface area contributed by atoms with Crippen molar-refractivity contribution >= 4 is 35.3 Å². The molecule has 0 saturated carbocycles. The van der Waals surface area contributed by atoms with Gasteiger partial charge in [0, 0.05) is 17.6 Å². The summed E-state index contributed by atoms with van der Waals surface area (Å²) >= 11 is 0. The number of nitrogens with two attached hydrogens (primary N) is 1. The van der Waals surface area contributed by atoms with Crippen molar-refractivity contribution in [2.24, 2.45) is 11.8 Å². The normalized spacial score (nSPS) is 11.3. The Balaban J connectivity index is 0.000000825. The largest absolute Gasteiger partial charge is 0.500 e. The average molecular weight is 741 g/mol. The van der Waals surface area contributed by atoms with Crippen molar-refractivity contribution in [3.05, 3.63) is 83.3 Å². The molecule has 53 heavy (non-hydrogen) atoms. The van der Waals surface area contributed by atoms with Gasteiger partial charge in [0.1, 0.15) is 6.26 Å². The SMILES string of the molecule is CC(C)CC(C)c1ccccc1N.CCOC(=O)C(=CNc1ccccc1C(C)CC(C)C)C(=O)OCC.CCOC=C(C(=O)OCC)C(=O)OCC. The Kier molecular flexibility index (Phi) is 25.3. The number of nitrogens with one attached hydrogen (secondary N) is 1. The summed E-state index contributed by atoms with van der Waals surface area (Å²) in [6.45, 7) is 22.8. The number of esters is 4. The summed E-state index contributed by atoms with van der Waals surface area (Å²) in [6.07, 6.45) is 4.69. The second-order valence-electron chi connectivity index (χ2n) is 12.8. The maximum Gasteiger partial charge on any atom is 0.348 e. The molecule has 296 valence electrons. The van der Waals surface area contributed by atoms with E-state index in [9.17, 15) is 19.2 Å². The van der Waals surface area contributed by atoms with Crippen LogP contribution in [0, 0.1) is 11.8 Å². The number of hydrogen-bond donors (Lipinski definition) is 2. The predicted molar refractivity (Wildman–Crippen MR) is 211 cm³/mol. The molecule has 0 bridgehead atoms. The summed E-state index contributed by atoms with van der Waals surface area (Å²) in [4.78, 5) is 46.6. The van der Waals surface area contributed by atoms with Crippen LogP contribution < -0.4 is 11.1 Å². The van der Waals surface area contributed by atoms with Crippen LogP contribution in [0.3, 0.4) is 0 Å². The number of ether oxygens (including phenoxy) is 5. The van der Waals surface area contributed by atoms with Gasteiger partial charge in [0.2, 0.25) is 0 Å². The highest BCUT2D eigenvalue weighted by molar-refractivity contribution is 6.14. The van der Waals surface area contributed by atoms with Gasteiger partial charge in [-0.05, 0) is 94.4 Å². The molecule has 2 unspecified atom stereocenters. The molecule has 11 heteroatoms. The van der Waals surface area contributed by atoms with Gasteiger partial charge in [-0.15, -0.1) is 0 Å². The average Bonchev–Trinajstić information content (AvgIpc) is 3.09. The van der Waals surface area contributed by atoms with Crippen LogP contribution >= 0.6 is 0 Å². The van der Waals surface area contributed by atoms with Crippen LogP contribution in [-0.4, -0.2) is 56.9 Å². The zero-order valence-corrected chi connectivity index (χ0v) is 33.8. The first-order chi connectivity index (χ1) is 25.2. The van der Waals surface area contributed by atoms with E-state index in [2.05, 4.69) is 74.5 Å². The molecule has 0 aliphatic heterocycles. The summed E-state index contributed by atoms with van der Waals surface area (Å²) in [6, 6.07) is 16.0. The van der Waals surface area contributed by atoms with Gasteiger partial charge in [0.25, 0.3) is 0 Å². The molecule has 11 nitrogen and oxygen atoms in total. The number of anilines is 2. The molecule has 0 amide bonds. The molecule has 0 saturated heterocycles. The highest BCUT2D eigenvalue weighted by atomic mass is 16.6. The number of hydrogen-bond acceptors (Lipinski definition) is 11. The lowest BCUT2D eigenvalue weighted by atomic mass is 9.91. The van der Waals surface area contributed by atoms with Gasteiger partial charge in [-0.2, -0.15) is 0 Å². The zero-order valence-electron chi connectivity index (χ0n) is 33.8. The predicted octanol–water partition coefficient (Wildman–Crippen LogP) is 8.71. The standard InChI is InChI=1S/C20H29NO4.C12H19N.C10H16O5/c1-6-24-19(22)17(20(23)25-7-2)13-21-18-11-9-8-10-16(18)15(5)12-14(3)4;1-9(2)8-10(3)11-6-4-5-7-12(11)13;1-4-13-7-8(9(11)14-5-2)10(12)15-6-3/h8-11,13-15,21H,6-7,12H2,1-5H3;4-7,9-10H,8,13H2,1-3H3;7H,4-6H2,1-3H3. The Bertz CT molecular complexity index is 1410. The highest BCUT2D eigenvalue weighted by Crippen LogP contribution is 2.30. The Morgan fingerprint density at radius 1 is 0.585 bits per heavy atom. The fourth-order valence-corrected chi connectivity index (χ4v) is 5.22. The van der Waals surface area contributed by atoms with E-state index >= 15 is 0 Å². The van der Waals surface area contributed by atoms with Crippen LogP contribution in [0.1, 0.15) is 112 Å². The van der Waals surface area contributed by atoms with Gasteiger partial charge in [-0.1, -0.05) is 77.9 Å². The summed E-state index contributed by atoms with van der Waals surface area (Å²) < 4.78 is 24.1. The van der Waals surface area contributed by atoms with Crippen LogP contribution in [0.4, 0.5) is 11.4 Å². The zero-order chi connectivity index (χ0) is 40.3. The lowest BCUT2D eigenvalue weighted by molar-refractivity contribution is -0.148. The van der Waals surface area contributed by atoms with E-state index in [0.29, 0.717) is 24.4 Å². The van der Waals surface area contributed by atoms with Crippen molar-refractivity contribution in [1.29, 1.82) is 0 Å². The third-order valence-corrected chi connectivity index (χ3v) is 7.39. The lowest BCUT2D eigenvalue weighted by Gasteiger charge is -2.18. The molecular formula is C42H64N2O9. The van der Waals surface area contributed by atoms with E-state index in [1.165, 1.54) is 18.2 Å². The van der Waals surface area contributed by atoms with E-state index < -0.39 is 23.9 Å². The molecule has 2 aromatic rings. The van der Waals surface area contributed by atoms with E-state index in [1.807, 2.05) is 30.3 Å². The number of carbonyl (C=O) groups excluding carboxylic acids is 4. The van der Waals surface area contributed by atoms with Crippen LogP contribution in [0.15, 0.2) is 72.1 Å². The summed E-state index contributed by atoms with van der Waals surface area (Å²) in [5.74, 6) is -0.620. The number of para-hydroxylation sites is 2. The minimum atomic E-state index is -0.732. The van der Waals surface area contributed by atoms with E-state index in [1.54, 1.807) is 34.6 Å². The lowest BCUT2D eigenvalue weighted by Crippen LogP contribution is -2.19. The topological polar surface area (TPSA) is 152 Å². The minimum Gasteiger partial charge on any atom is -0.500 e. The molecule has 0 fully saturated rings. The van der Waals surface area contributed by atoms with Crippen LogP contribution in [0.2, 0.25) is 0 Å². The highest BCUT2D eigenvalue weighted by Gasteiger charge is 2.22. The number of carbonyl (C=O) groups is 4. The maximum absolute atomic E-state index is 12.0. The molecule has 0 aliphatic rings. The second-order valence-corrected chi connectivity index (χ2v) is 12.8. The first-order valence-corrected chi connectivity index (χ1v) is 18.6. The third kappa shape index (κ3) is 19.6.